The van der Waals surface area contributed by atoms with Crippen LogP contribution in [0.3, 0.4) is 0 Å². The van der Waals surface area contributed by atoms with E-state index in [2.05, 4.69) is 45.0 Å². The fraction of sp³-hybridized carbons (Fsp3) is 0.462. The molecule has 0 fully saturated rings. The van der Waals surface area contributed by atoms with Crippen molar-refractivity contribution < 1.29 is 0 Å². The second kappa shape index (κ2) is 4.41. The van der Waals surface area contributed by atoms with E-state index in [0.717, 1.165) is 12.8 Å². The standard InChI is InChI=1S/C13H19N/c1-4-13(2,3)12-7-5-11(6-8-12)9-10-14/h5-8,10,14H,4,9H2,1-3H3. The van der Waals surface area contributed by atoms with Gasteiger partial charge < -0.3 is 5.41 Å². The third-order valence-electron chi connectivity index (χ3n) is 2.96. The fourth-order valence-electron chi connectivity index (χ4n) is 1.41. The minimum Gasteiger partial charge on any atom is -0.313 e. The Morgan fingerprint density at radius 1 is 1.21 bits per heavy atom. The number of rotatable bonds is 4. The Hall–Kier alpha value is -1.11. The van der Waals surface area contributed by atoms with Crippen molar-refractivity contribution in [2.24, 2.45) is 0 Å². The van der Waals surface area contributed by atoms with E-state index in [1.54, 1.807) is 0 Å². The lowest BCUT2D eigenvalue weighted by Crippen LogP contribution is -2.15. The molecule has 1 rings (SSSR count). The summed E-state index contributed by atoms with van der Waals surface area (Å²) in [4.78, 5) is 0. The largest absolute Gasteiger partial charge is 0.313 e. The maximum Gasteiger partial charge on any atom is 0.00714 e. The van der Waals surface area contributed by atoms with Crippen molar-refractivity contribution in [2.75, 3.05) is 0 Å². The average Bonchev–Trinajstić information content (AvgIpc) is 2.19. The van der Waals surface area contributed by atoms with E-state index < -0.39 is 0 Å². The van der Waals surface area contributed by atoms with Gasteiger partial charge in [0, 0.05) is 6.42 Å². The highest BCUT2D eigenvalue weighted by Crippen LogP contribution is 2.26. The molecule has 0 radical (unpaired) electrons. The van der Waals surface area contributed by atoms with Gasteiger partial charge in [-0.1, -0.05) is 45.0 Å². The molecule has 1 heteroatoms. The molecule has 1 N–H and O–H groups in total. The molecular formula is C13H19N. The Bertz CT molecular complexity index is 296. The first-order valence-electron chi connectivity index (χ1n) is 5.18. The normalized spacial score (nSPS) is 11.4. The second-order valence-corrected chi connectivity index (χ2v) is 4.34. The Labute approximate surface area is 86.7 Å². The van der Waals surface area contributed by atoms with Gasteiger partial charge in [0.25, 0.3) is 0 Å². The lowest BCUT2D eigenvalue weighted by atomic mass is 9.82. The lowest BCUT2D eigenvalue weighted by Gasteiger charge is -2.23. The Balaban J connectivity index is 2.87. The number of benzene rings is 1. The topological polar surface area (TPSA) is 23.9 Å². The van der Waals surface area contributed by atoms with Crippen LogP contribution in [0.15, 0.2) is 24.3 Å². The lowest BCUT2D eigenvalue weighted by molar-refractivity contribution is 0.506. The molecule has 0 atom stereocenters. The van der Waals surface area contributed by atoms with Gasteiger partial charge in [-0.15, -0.1) is 0 Å². The molecule has 0 amide bonds. The van der Waals surface area contributed by atoms with Crippen molar-refractivity contribution in [1.29, 1.82) is 5.41 Å². The fourth-order valence-corrected chi connectivity index (χ4v) is 1.41. The summed E-state index contributed by atoms with van der Waals surface area (Å²) in [6, 6.07) is 8.61. The smallest absolute Gasteiger partial charge is 0.00714 e. The van der Waals surface area contributed by atoms with E-state index in [4.69, 9.17) is 5.41 Å². The number of hydrogen-bond acceptors (Lipinski definition) is 1. The summed E-state index contributed by atoms with van der Waals surface area (Å²) in [5, 5.41) is 7.03. The molecule has 0 aromatic heterocycles. The summed E-state index contributed by atoms with van der Waals surface area (Å²) in [6.45, 7) is 6.74. The summed E-state index contributed by atoms with van der Waals surface area (Å²) in [6.07, 6.45) is 3.34. The highest BCUT2D eigenvalue weighted by molar-refractivity contribution is 5.57. The van der Waals surface area contributed by atoms with Crippen molar-refractivity contribution in [3.8, 4) is 0 Å². The summed E-state index contributed by atoms with van der Waals surface area (Å²) in [5.41, 5.74) is 2.87. The molecule has 0 spiro atoms. The molecule has 14 heavy (non-hydrogen) atoms. The molecule has 0 aliphatic carbocycles. The van der Waals surface area contributed by atoms with Gasteiger partial charge in [-0.3, -0.25) is 0 Å². The second-order valence-electron chi connectivity index (χ2n) is 4.34. The zero-order valence-electron chi connectivity index (χ0n) is 9.30. The average molecular weight is 189 g/mol. The van der Waals surface area contributed by atoms with Crippen molar-refractivity contribution in [3.63, 3.8) is 0 Å². The SMILES string of the molecule is CCC(C)(C)c1ccc(CC=N)cc1. The molecule has 0 aliphatic rings. The zero-order chi connectivity index (χ0) is 10.6. The van der Waals surface area contributed by atoms with Crippen LogP contribution >= 0.6 is 0 Å². The Morgan fingerprint density at radius 2 is 1.79 bits per heavy atom. The van der Waals surface area contributed by atoms with Crippen LogP contribution in [0, 0.1) is 5.41 Å². The van der Waals surface area contributed by atoms with Gasteiger partial charge in [0.1, 0.15) is 0 Å². The van der Waals surface area contributed by atoms with Gasteiger partial charge in [0.15, 0.2) is 0 Å². The molecule has 1 nitrogen and oxygen atoms in total. The van der Waals surface area contributed by atoms with Gasteiger partial charge >= 0.3 is 0 Å². The van der Waals surface area contributed by atoms with Gasteiger partial charge in [0.05, 0.1) is 0 Å². The molecule has 0 saturated heterocycles. The molecule has 76 valence electrons. The predicted octanol–water partition coefficient (Wildman–Crippen LogP) is 3.57. The third kappa shape index (κ3) is 2.44. The minimum atomic E-state index is 0.267. The van der Waals surface area contributed by atoms with E-state index >= 15 is 0 Å². The van der Waals surface area contributed by atoms with Crippen LogP contribution in [0.5, 0.6) is 0 Å². The van der Waals surface area contributed by atoms with E-state index in [0.29, 0.717) is 0 Å². The van der Waals surface area contributed by atoms with E-state index in [1.165, 1.54) is 17.3 Å². The van der Waals surface area contributed by atoms with E-state index in [9.17, 15) is 0 Å². The van der Waals surface area contributed by atoms with Gasteiger partial charge in [-0.2, -0.15) is 0 Å². The predicted molar refractivity (Wildman–Crippen MR) is 62.2 cm³/mol. The van der Waals surface area contributed by atoms with Gasteiger partial charge in [-0.25, -0.2) is 0 Å². The maximum absolute atomic E-state index is 7.03. The first-order chi connectivity index (χ1) is 6.60. The van der Waals surface area contributed by atoms with Crippen LogP contribution in [-0.2, 0) is 11.8 Å². The van der Waals surface area contributed by atoms with Crippen molar-refractivity contribution in [3.05, 3.63) is 35.4 Å². The number of hydrogen-bond donors (Lipinski definition) is 1. The Morgan fingerprint density at radius 3 is 2.21 bits per heavy atom. The van der Waals surface area contributed by atoms with Crippen molar-refractivity contribution in [2.45, 2.75) is 39.0 Å². The van der Waals surface area contributed by atoms with Crippen LogP contribution in [0.4, 0.5) is 0 Å². The van der Waals surface area contributed by atoms with E-state index in [-0.39, 0.29) is 5.41 Å². The van der Waals surface area contributed by atoms with Crippen LogP contribution in [0.25, 0.3) is 0 Å². The van der Waals surface area contributed by atoms with Gasteiger partial charge in [-0.05, 0) is 29.2 Å². The maximum atomic E-state index is 7.03. The highest BCUT2D eigenvalue weighted by atomic mass is 14.3. The minimum absolute atomic E-state index is 0.267. The molecule has 0 unspecified atom stereocenters. The molecular weight excluding hydrogens is 170 g/mol. The zero-order valence-corrected chi connectivity index (χ0v) is 9.30. The summed E-state index contributed by atoms with van der Waals surface area (Å²) in [7, 11) is 0. The molecule has 1 aromatic carbocycles. The van der Waals surface area contributed by atoms with Crippen LogP contribution in [0.2, 0.25) is 0 Å². The summed E-state index contributed by atoms with van der Waals surface area (Å²) >= 11 is 0. The Kier molecular flexibility index (Phi) is 3.45. The van der Waals surface area contributed by atoms with Crippen molar-refractivity contribution >= 4 is 6.21 Å². The van der Waals surface area contributed by atoms with Gasteiger partial charge in [0.2, 0.25) is 0 Å². The quantitative estimate of drug-likeness (QED) is 0.700. The molecule has 0 bridgehead atoms. The van der Waals surface area contributed by atoms with Crippen molar-refractivity contribution in [1.82, 2.24) is 0 Å². The first kappa shape index (κ1) is 11.0. The molecule has 0 saturated carbocycles. The first-order valence-corrected chi connectivity index (χ1v) is 5.18. The molecule has 1 aromatic rings. The third-order valence-corrected chi connectivity index (χ3v) is 2.96. The molecule has 0 heterocycles. The molecule has 0 aliphatic heterocycles. The summed E-state index contributed by atoms with van der Waals surface area (Å²) < 4.78 is 0. The van der Waals surface area contributed by atoms with Crippen LogP contribution < -0.4 is 0 Å². The van der Waals surface area contributed by atoms with Crippen LogP contribution in [0.1, 0.15) is 38.3 Å². The number of nitrogens with one attached hydrogen (secondary N) is 1. The summed E-state index contributed by atoms with van der Waals surface area (Å²) in [5.74, 6) is 0. The van der Waals surface area contributed by atoms with E-state index in [1.807, 2.05) is 0 Å². The monoisotopic (exact) mass is 189 g/mol. The highest BCUT2D eigenvalue weighted by Gasteiger charge is 2.17. The van der Waals surface area contributed by atoms with Crippen LogP contribution in [-0.4, -0.2) is 6.21 Å².